The molecule has 7 rings (SSSR count). The van der Waals surface area contributed by atoms with Crippen molar-refractivity contribution in [2.24, 2.45) is 0 Å². The summed E-state index contributed by atoms with van der Waals surface area (Å²) in [4.78, 5) is 10.0. The molecule has 2 aromatic heterocycles. The van der Waals surface area contributed by atoms with Crippen LogP contribution >= 0.6 is 0 Å². The van der Waals surface area contributed by atoms with E-state index in [0.717, 1.165) is 50.2 Å². The van der Waals surface area contributed by atoms with Gasteiger partial charge in [-0.25, -0.2) is 4.98 Å². The summed E-state index contributed by atoms with van der Waals surface area (Å²) in [6, 6.07) is 40.9. The fourth-order valence-electron chi connectivity index (χ4n) is 7.33. The predicted molar refractivity (Wildman–Crippen MR) is 230 cm³/mol. The number of oxazole rings is 1. The number of nitrogens with zero attached hydrogens (tertiary/aromatic N) is 2. The maximum absolute atomic E-state index is 11.7. The fourth-order valence-corrected chi connectivity index (χ4v) is 7.33. The molecule has 0 saturated heterocycles. The van der Waals surface area contributed by atoms with E-state index >= 15 is 0 Å². The quantitative estimate of drug-likeness (QED) is 0.185. The number of phenols is 1. The highest BCUT2D eigenvalue weighted by Gasteiger charge is 2.28. The highest BCUT2D eigenvalue weighted by molar-refractivity contribution is 5.93. The van der Waals surface area contributed by atoms with Gasteiger partial charge in [0.2, 0.25) is 5.89 Å². The molecule has 5 aromatic carbocycles. The Kier molecular flexibility index (Phi) is 9.40. The Hall–Kier alpha value is -5.48. The van der Waals surface area contributed by atoms with Crippen LogP contribution in [0.15, 0.2) is 126 Å². The number of pyridine rings is 1. The van der Waals surface area contributed by atoms with Crippen molar-refractivity contribution < 1.29 is 9.52 Å². The van der Waals surface area contributed by atoms with Crippen LogP contribution in [0.3, 0.4) is 0 Å². The average Bonchev–Trinajstić information content (AvgIpc) is 3.58. The lowest BCUT2D eigenvalue weighted by Gasteiger charge is -2.27. The minimum absolute atomic E-state index is 0.104. The zero-order valence-electron chi connectivity index (χ0n) is 34.3. The van der Waals surface area contributed by atoms with E-state index in [9.17, 15) is 5.11 Å². The van der Waals surface area contributed by atoms with Gasteiger partial charge in [-0.3, -0.25) is 4.98 Å². The van der Waals surface area contributed by atoms with Crippen LogP contribution in [0.2, 0.25) is 0 Å². The Bertz CT molecular complexity index is 2500. The van der Waals surface area contributed by atoms with E-state index in [-0.39, 0.29) is 27.4 Å². The van der Waals surface area contributed by atoms with Crippen molar-refractivity contribution in [1.29, 1.82) is 0 Å². The third-order valence-electron chi connectivity index (χ3n) is 11.0. The van der Waals surface area contributed by atoms with Gasteiger partial charge in [0.1, 0.15) is 11.3 Å². The van der Waals surface area contributed by atoms with Crippen molar-refractivity contribution in [3.05, 3.63) is 149 Å². The van der Waals surface area contributed by atoms with Crippen molar-refractivity contribution in [1.82, 2.24) is 9.97 Å². The number of hydrogen-bond donors (Lipinski definition) is 1. The minimum atomic E-state index is -0.269. The maximum Gasteiger partial charge on any atom is 0.231 e. The Morgan fingerprint density at radius 2 is 1.13 bits per heavy atom. The maximum atomic E-state index is 11.7. The van der Waals surface area contributed by atoms with Gasteiger partial charge < -0.3 is 9.52 Å². The molecule has 0 fully saturated rings. The second-order valence-corrected chi connectivity index (χ2v) is 18.6. The van der Waals surface area contributed by atoms with Crippen LogP contribution in [0.4, 0.5) is 0 Å². The monoisotopic (exact) mass is 726 g/mol. The van der Waals surface area contributed by atoms with Gasteiger partial charge in [-0.15, -0.1) is 0 Å². The third kappa shape index (κ3) is 7.48. The van der Waals surface area contributed by atoms with Crippen molar-refractivity contribution in [3.8, 4) is 50.7 Å². The lowest BCUT2D eigenvalue weighted by molar-refractivity contribution is 0.444. The molecule has 4 heteroatoms. The zero-order chi connectivity index (χ0) is 39.5. The minimum Gasteiger partial charge on any atom is -0.507 e. The first-order valence-corrected chi connectivity index (χ1v) is 19.4. The molecule has 4 nitrogen and oxygen atoms in total. The summed E-state index contributed by atoms with van der Waals surface area (Å²) in [5.74, 6) is 0.627. The van der Waals surface area contributed by atoms with Crippen LogP contribution < -0.4 is 0 Å². The predicted octanol–water partition coefficient (Wildman–Crippen LogP) is 13.8. The topological polar surface area (TPSA) is 59.2 Å². The molecule has 1 N–H and O–H groups in total. The summed E-state index contributed by atoms with van der Waals surface area (Å²) >= 11 is 0. The van der Waals surface area contributed by atoms with Gasteiger partial charge >= 0.3 is 0 Å². The van der Waals surface area contributed by atoms with E-state index in [2.05, 4.69) is 173 Å². The first-order valence-electron chi connectivity index (χ1n) is 19.4. The number of benzene rings is 5. The van der Waals surface area contributed by atoms with Crippen molar-refractivity contribution in [3.63, 3.8) is 0 Å². The number of aromatic nitrogens is 2. The van der Waals surface area contributed by atoms with Crippen molar-refractivity contribution >= 4 is 11.1 Å². The molecule has 0 bridgehead atoms. The standard InChI is InChI=1S/C51H54N2O2/c1-48(2,3)38-27-34(40-18-15-19-44-45(40)53-47(55-44)41-30-39(49(4,5)6)31-42(46(41)54)50(7,8)9)26-35(28-38)43-29-33(24-25-52-43)32-20-22-37(23-21-32)51(10,11)36-16-13-12-14-17-36/h12-31,54H,1-11H3. The second kappa shape index (κ2) is 13.7. The molecular weight excluding hydrogens is 673 g/mol. The highest BCUT2D eigenvalue weighted by atomic mass is 16.3. The summed E-state index contributed by atoms with van der Waals surface area (Å²) in [6.45, 7) is 24.2. The summed E-state index contributed by atoms with van der Waals surface area (Å²) in [7, 11) is 0. The van der Waals surface area contributed by atoms with Crippen molar-refractivity contribution in [2.45, 2.75) is 97.8 Å². The van der Waals surface area contributed by atoms with Crippen LogP contribution in [0.5, 0.6) is 5.75 Å². The fraction of sp³-hybridized carbons (Fsp3) is 0.294. The Labute approximate surface area is 327 Å². The lowest BCUT2D eigenvalue weighted by Crippen LogP contribution is -2.18. The molecule has 0 radical (unpaired) electrons. The Morgan fingerprint density at radius 1 is 0.491 bits per heavy atom. The SMILES string of the molecule is CC(C)(C)c1cc(-c2cc(-c3ccc(C(C)(C)c4ccccc4)cc3)ccn2)cc(-c2cccc3oc(-c4cc(C(C)(C)C)cc(C(C)(C)C)c4O)nc23)c1. The summed E-state index contributed by atoms with van der Waals surface area (Å²) in [6.07, 6.45) is 1.91. The number of aromatic hydroxyl groups is 1. The number of rotatable bonds is 6. The summed E-state index contributed by atoms with van der Waals surface area (Å²) < 4.78 is 6.48. The largest absolute Gasteiger partial charge is 0.507 e. The number of fused-ring (bicyclic) bond motifs is 1. The van der Waals surface area contributed by atoms with Gasteiger partial charge in [0.25, 0.3) is 0 Å². The van der Waals surface area contributed by atoms with Crippen LogP contribution in [0, 0.1) is 0 Å². The van der Waals surface area contributed by atoms with Gasteiger partial charge in [-0.2, -0.15) is 0 Å². The Balaban J connectivity index is 1.31. The Morgan fingerprint density at radius 3 is 1.78 bits per heavy atom. The molecular formula is C51H54N2O2. The first-order chi connectivity index (χ1) is 25.8. The van der Waals surface area contributed by atoms with Crippen LogP contribution in [-0.4, -0.2) is 15.1 Å². The van der Waals surface area contributed by atoms with E-state index in [4.69, 9.17) is 14.4 Å². The van der Waals surface area contributed by atoms with Gasteiger partial charge in [0.05, 0.1) is 11.3 Å². The third-order valence-corrected chi connectivity index (χ3v) is 11.0. The van der Waals surface area contributed by atoms with E-state index in [1.807, 2.05) is 24.4 Å². The normalized spacial score (nSPS) is 12.7. The molecule has 0 aliphatic carbocycles. The molecule has 0 aliphatic heterocycles. The molecule has 280 valence electrons. The van der Waals surface area contributed by atoms with E-state index < -0.39 is 0 Å². The van der Waals surface area contributed by atoms with Crippen LogP contribution in [-0.2, 0) is 21.7 Å². The molecule has 7 aromatic rings. The highest BCUT2D eigenvalue weighted by Crippen LogP contribution is 2.44. The van der Waals surface area contributed by atoms with E-state index in [1.54, 1.807) is 0 Å². The summed E-state index contributed by atoms with van der Waals surface area (Å²) in [5.41, 5.74) is 13.4. The van der Waals surface area contributed by atoms with Crippen molar-refractivity contribution in [2.75, 3.05) is 0 Å². The first kappa shape index (κ1) is 37.8. The van der Waals surface area contributed by atoms with Gasteiger partial charge in [0.15, 0.2) is 5.58 Å². The smallest absolute Gasteiger partial charge is 0.231 e. The average molecular weight is 727 g/mol. The molecule has 0 amide bonds. The lowest BCUT2D eigenvalue weighted by atomic mass is 9.78. The van der Waals surface area contributed by atoms with E-state index in [0.29, 0.717) is 17.0 Å². The molecule has 2 heterocycles. The molecule has 0 aliphatic rings. The van der Waals surface area contributed by atoms with Crippen LogP contribution in [0.25, 0.3) is 56.1 Å². The van der Waals surface area contributed by atoms with Gasteiger partial charge in [-0.1, -0.05) is 155 Å². The number of phenolic OH excluding ortho intramolecular Hbond substituents is 1. The molecule has 0 atom stereocenters. The number of hydrogen-bond acceptors (Lipinski definition) is 4. The molecule has 0 spiro atoms. The zero-order valence-corrected chi connectivity index (χ0v) is 34.3. The summed E-state index contributed by atoms with van der Waals surface area (Å²) in [5, 5.41) is 11.7. The van der Waals surface area contributed by atoms with Gasteiger partial charge in [0, 0.05) is 28.3 Å². The molecule has 0 unspecified atom stereocenters. The molecule has 55 heavy (non-hydrogen) atoms. The van der Waals surface area contributed by atoms with E-state index in [1.165, 1.54) is 16.7 Å². The number of para-hydroxylation sites is 1. The second-order valence-electron chi connectivity index (χ2n) is 18.6. The van der Waals surface area contributed by atoms with Gasteiger partial charge in [-0.05, 0) is 91.6 Å². The van der Waals surface area contributed by atoms with Crippen LogP contribution in [0.1, 0.15) is 104 Å². The molecule has 0 saturated carbocycles.